The number of halogens is 3. The average molecular weight is 494 g/mol. The van der Waals surface area contributed by atoms with Gasteiger partial charge < -0.3 is 14.5 Å². The molecule has 1 saturated heterocycles. The molecular formula is C24H26F3N3O3S. The Morgan fingerprint density at radius 3 is 2.82 bits per heavy atom. The Bertz CT molecular complexity index is 1110. The SMILES string of the molecule is Cc1ccsc1CN(Cc1cccc(C(F)(F)F)c1)Cc1nc(C(=O)NC[C@H]2CCCO2)co1. The van der Waals surface area contributed by atoms with Crippen molar-refractivity contribution in [3.8, 4) is 0 Å². The number of carbonyl (C=O) groups is 1. The van der Waals surface area contributed by atoms with Gasteiger partial charge in [-0.3, -0.25) is 9.69 Å². The van der Waals surface area contributed by atoms with Gasteiger partial charge in [0.15, 0.2) is 5.69 Å². The zero-order chi connectivity index (χ0) is 24.1. The zero-order valence-corrected chi connectivity index (χ0v) is 19.5. The van der Waals surface area contributed by atoms with Crippen molar-refractivity contribution in [3.05, 3.63) is 75.1 Å². The number of benzene rings is 1. The van der Waals surface area contributed by atoms with Crippen LogP contribution in [0, 0.1) is 6.92 Å². The fraction of sp³-hybridized carbons (Fsp3) is 0.417. The highest BCUT2D eigenvalue weighted by Gasteiger charge is 2.30. The van der Waals surface area contributed by atoms with Crippen molar-refractivity contribution in [2.24, 2.45) is 0 Å². The van der Waals surface area contributed by atoms with Crippen molar-refractivity contribution in [1.82, 2.24) is 15.2 Å². The molecule has 1 aliphatic rings. The van der Waals surface area contributed by atoms with Gasteiger partial charge in [0.25, 0.3) is 5.91 Å². The molecule has 1 N–H and O–H groups in total. The number of nitrogens with one attached hydrogen (secondary N) is 1. The molecule has 1 atom stereocenters. The molecular weight excluding hydrogens is 467 g/mol. The van der Waals surface area contributed by atoms with Crippen molar-refractivity contribution in [3.63, 3.8) is 0 Å². The van der Waals surface area contributed by atoms with Gasteiger partial charge in [0, 0.05) is 31.1 Å². The smallest absolute Gasteiger partial charge is 0.416 e. The number of thiophene rings is 1. The van der Waals surface area contributed by atoms with Gasteiger partial charge in [0.2, 0.25) is 5.89 Å². The molecule has 182 valence electrons. The number of oxazole rings is 1. The Labute approximate surface area is 199 Å². The number of ether oxygens (including phenoxy) is 1. The molecule has 0 saturated carbocycles. The third-order valence-corrected chi connectivity index (χ3v) is 6.66. The molecule has 2 aromatic heterocycles. The van der Waals surface area contributed by atoms with Gasteiger partial charge in [0.1, 0.15) is 6.26 Å². The molecule has 1 amide bonds. The number of hydrogen-bond acceptors (Lipinski definition) is 6. The maximum Gasteiger partial charge on any atom is 0.416 e. The summed E-state index contributed by atoms with van der Waals surface area (Å²) in [6.45, 7) is 4.15. The van der Waals surface area contributed by atoms with E-state index in [4.69, 9.17) is 9.15 Å². The lowest BCUT2D eigenvalue weighted by Crippen LogP contribution is -2.32. The first kappa shape index (κ1) is 24.4. The second-order valence-electron chi connectivity index (χ2n) is 8.34. The van der Waals surface area contributed by atoms with Gasteiger partial charge in [0.05, 0.1) is 18.2 Å². The summed E-state index contributed by atoms with van der Waals surface area (Å²) >= 11 is 1.59. The molecule has 6 nitrogen and oxygen atoms in total. The molecule has 0 unspecified atom stereocenters. The van der Waals surface area contributed by atoms with Gasteiger partial charge in [-0.25, -0.2) is 4.98 Å². The summed E-state index contributed by atoms with van der Waals surface area (Å²) in [6.07, 6.45) is -1.18. The van der Waals surface area contributed by atoms with Crippen molar-refractivity contribution in [2.75, 3.05) is 13.2 Å². The second kappa shape index (κ2) is 10.7. The fourth-order valence-electron chi connectivity index (χ4n) is 3.82. The van der Waals surface area contributed by atoms with E-state index in [1.807, 2.05) is 23.3 Å². The molecule has 1 aliphatic heterocycles. The number of amides is 1. The first-order chi connectivity index (χ1) is 16.3. The van der Waals surface area contributed by atoms with Crippen molar-refractivity contribution in [1.29, 1.82) is 0 Å². The molecule has 3 aromatic rings. The predicted molar refractivity (Wildman–Crippen MR) is 121 cm³/mol. The van der Waals surface area contributed by atoms with Crippen LogP contribution in [0.3, 0.4) is 0 Å². The monoisotopic (exact) mass is 493 g/mol. The van der Waals surface area contributed by atoms with Crippen LogP contribution in [0.1, 0.15) is 50.8 Å². The van der Waals surface area contributed by atoms with E-state index in [1.54, 1.807) is 17.4 Å². The molecule has 0 bridgehead atoms. The third kappa shape index (κ3) is 6.46. The van der Waals surface area contributed by atoms with Crippen LogP contribution in [0.15, 0.2) is 46.4 Å². The molecule has 1 aromatic carbocycles. The van der Waals surface area contributed by atoms with Crippen LogP contribution in [0.4, 0.5) is 13.2 Å². The molecule has 0 aliphatic carbocycles. The van der Waals surface area contributed by atoms with Gasteiger partial charge >= 0.3 is 6.18 Å². The Morgan fingerprint density at radius 1 is 1.26 bits per heavy atom. The van der Waals surface area contributed by atoms with Crippen molar-refractivity contribution < 1.29 is 27.1 Å². The van der Waals surface area contributed by atoms with E-state index in [9.17, 15) is 18.0 Å². The number of carbonyl (C=O) groups excluding carboxylic acids is 1. The van der Waals surface area contributed by atoms with Crippen LogP contribution >= 0.6 is 11.3 Å². The Morgan fingerprint density at radius 2 is 2.12 bits per heavy atom. The maximum absolute atomic E-state index is 13.2. The highest BCUT2D eigenvalue weighted by atomic mass is 32.1. The Balaban J connectivity index is 1.45. The zero-order valence-electron chi connectivity index (χ0n) is 18.7. The van der Waals surface area contributed by atoms with Crippen molar-refractivity contribution >= 4 is 17.2 Å². The van der Waals surface area contributed by atoms with Gasteiger partial charge in [-0.15, -0.1) is 11.3 Å². The number of alkyl halides is 3. The third-order valence-electron chi connectivity index (χ3n) is 5.65. The number of hydrogen-bond donors (Lipinski definition) is 1. The van der Waals surface area contributed by atoms with Crippen LogP contribution in [-0.2, 0) is 30.5 Å². The van der Waals surface area contributed by atoms with Gasteiger partial charge in [-0.2, -0.15) is 13.2 Å². The quantitative estimate of drug-likeness (QED) is 0.445. The van der Waals surface area contributed by atoms with E-state index in [0.717, 1.165) is 35.4 Å². The van der Waals surface area contributed by atoms with Crippen molar-refractivity contribution in [2.45, 2.75) is 51.7 Å². The topological polar surface area (TPSA) is 67.6 Å². The lowest BCUT2D eigenvalue weighted by molar-refractivity contribution is -0.137. The Hall–Kier alpha value is -2.69. The first-order valence-electron chi connectivity index (χ1n) is 11.0. The molecule has 10 heteroatoms. The highest BCUT2D eigenvalue weighted by molar-refractivity contribution is 7.10. The van der Waals surface area contributed by atoms with Crippen LogP contribution in [-0.4, -0.2) is 35.0 Å². The lowest BCUT2D eigenvalue weighted by atomic mass is 10.1. The van der Waals surface area contributed by atoms with E-state index in [0.29, 0.717) is 31.2 Å². The average Bonchev–Trinajstić information content (AvgIpc) is 3.55. The summed E-state index contributed by atoms with van der Waals surface area (Å²) < 4.78 is 50.5. The largest absolute Gasteiger partial charge is 0.447 e. The molecule has 34 heavy (non-hydrogen) atoms. The summed E-state index contributed by atoms with van der Waals surface area (Å²) in [5, 5.41) is 4.79. The summed E-state index contributed by atoms with van der Waals surface area (Å²) in [4.78, 5) is 19.8. The maximum atomic E-state index is 13.2. The van der Waals surface area contributed by atoms with Gasteiger partial charge in [-0.05, 0) is 48.4 Å². The minimum atomic E-state index is -4.40. The van der Waals surface area contributed by atoms with Crippen LogP contribution < -0.4 is 5.32 Å². The predicted octanol–water partition coefficient (Wildman–Crippen LogP) is 5.17. The second-order valence-corrected chi connectivity index (χ2v) is 9.34. The normalized spacial score (nSPS) is 16.3. The first-order valence-corrected chi connectivity index (χ1v) is 11.9. The summed E-state index contributed by atoms with van der Waals surface area (Å²) in [5.74, 6) is -0.0209. The van der Waals surface area contributed by atoms with E-state index in [-0.39, 0.29) is 30.8 Å². The molecule has 1 fully saturated rings. The van der Waals surface area contributed by atoms with Crippen LogP contribution in [0.25, 0.3) is 0 Å². The fourth-order valence-corrected chi connectivity index (χ4v) is 4.77. The number of aryl methyl sites for hydroxylation is 1. The van der Waals surface area contributed by atoms with E-state index >= 15 is 0 Å². The number of rotatable bonds is 9. The minimum absolute atomic E-state index is 0.0207. The van der Waals surface area contributed by atoms with Crippen LogP contribution in [0.2, 0.25) is 0 Å². The highest BCUT2D eigenvalue weighted by Crippen LogP contribution is 2.30. The lowest BCUT2D eigenvalue weighted by Gasteiger charge is -2.21. The van der Waals surface area contributed by atoms with E-state index in [1.165, 1.54) is 12.3 Å². The molecule has 0 radical (unpaired) electrons. The minimum Gasteiger partial charge on any atom is -0.447 e. The number of aromatic nitrogens is 1. The standard InChI is InChI=1S/C24H26F3N3O3S/c1-16-7-9-34-21(16)13-30(12-17-4-2-5-18(10-17)24(25,26)27)14-22-29-20(15-33-22)23(31)28-11-19-6-3-8-32-19/h2,4-5,7,9-10,15,19H,3,6,8,11-14H2,1H3,(H,28,31)/t19-/m1/s1. The van der Waals surface area contributed by atoms with Crippen LogP contribution in [0.5, 0.6) is 0 Å². The molecule has 3 heterocycles. The summed E-state index contributed by atoms with van der Waals surface area (Å²) in [6, 6.07) is 7.31. The summed E-state index contributed by atoms with van der Waals surface area (Å²) in [7, 11) is 0. The van der Waals surface area contributed by atoms with Gasteiger partial charge in [-0.1, -0.05) is 18.2 Å². The summed E-state index contributed by atoms with van der Waals surface area (Å²) in [5.41, 5.74) is 1.13. The molecule has 0 spiro atoms. The molecule has 4 rings (SSSR count). The number of nitrogens with zero attached hydrogens (tertiary/aromatic N) is 2. The Kier molecular flexibility index (Phi) is 7.70. The van der Waals surface area contributed by atoms with E-state index in [2.05, 4.69) is 10.3 Å². The van der Waals surface area contributed by atoms with E-state index < -0.39 is 11.7 Å².